The lowest BCUT2D eigenvalue weighted by molar-refractivity contribution is -0.162. The monoisotopic (exact) mass is 405 g/mol. The summed E-state index contributed by atoms with van der Waals surface area (Å²) >= 11 is 1.40. The molecule has 2 amide bonds. The van der Waals surface area contributed by atoms with E-state index in [1.165, 1.54) is 23.8 Å². The van der Waals surface area contributed by atoms with Crippen molar-refractivity contribution >= 4 is 35.5 Å². The molecule has 2 aliphatic rings. The van der Waals surface area contributed by atoms with Crippen LogP contribution in [-0.4, -0.2) is 81.0 Å². The summed E-state index contributed by atoms with van der Waals surface area (Å²) in [6.07, 6.45) is 0.349. The number of carboxylic acids is 2. The number of aliphatic carboxylic acids is 2. The first kappa shape index (κ1) is 22.9. The average Bonchev–Trinajstić information content (AvgIpc) is 2.60. The third-order valence-electron chi connectivity index (χ3n) is 3.90. The molecular formula is C15H23N3O8S. The zero-order valence-corrected chi connectivity index (χ0v) is 15.5. The van der Waals surface area contributed by atoms with Crippen LogP contribution >= 0.6 is 11.8 Å². The molecule has 2 aliphatic heterocycles. The van der Waals surface area contributed by atoms with Gasteiger partial charge >= 0.3 is 11.9 Å². The number of methoxy groups -OCH3 is 1. The topological polar surface area (TPSA) is 193 Å². The minimum Gasteiger partial charge on any atom is -0.480 e. The molecule has 152 valence electrons. The summed E-state index contributed by atoms with van der Waals surface area (Å²) in [5, 5.41) is 26.1. The molecule has 0 bridgehead atoms. The van der Waals surface area contributed by atoms with Gasteiger partial charge < -0.3 is 31.5 Å². The van der Waals surface area contributed by atoms with Gasteiger partial charge in [0.1, 0.15) is 17.1 Å². The third-order valence-corrected chi connectivity index (χ3v) is 5.22. The van der Waals surface area contributed by atoms with Gasteiger partial charge in [0.25, 0.3) is 5.91 Å². The molecule has 0 saturated carbocycles. The number of rotatable bonds is 8. The first-order valence-corrected chi connectivity index (χ1v) is 9.00. The van der Waals surface area contributed by atoms with E-state index in [4.69, 9.17) is 31.5 Å². The van der Waals surface area contributed by atoms with E-state index in [2.05, 4.69) is 0 Å². The number of ether oxygens (including phenoxy) is 1. The van der Waals surface area contributed by atoms with Crippen molar-refractivity contribution in [3.63, 3.8) is 0 Å². The van der Waals surface area contributed by atoms with E-state index >= 15 is 0 Å². The van der Waals surface area contributed by atoms with Gasteiger partial charge in [-0.15, -0.1) is 11.8 Å². The van der Waals surface area contributed by atoms with Crippen molar-refractivity contribution < 1.29 is 39.2 Å². The van der Waals surface area contributed by atoms with Crippen molar-refractivity contribution in [2.45, 2.75) is 36.8 Å². The van der Waals surface area contributed by atoms with Crippen molar-refractivity contribution in [2.75, 3.05) is 19.5 Å². The Labute approximate surface area is 159 Å². The largest absolute Gasteiger partial charge is 0.480 e. The summed E-state index contributed by atoms with van der Waals surface area (Å²) in [4.78, 5) is 44.2. The lowest BCUT2D eigenvalue weighted by Gasteiger charge is -2.48. The van der Waals surface area contributed by atoms with Gasteiger partial charge in [-0.1, -0.05) is 0 Å². The number of nitrogens with zero attached hydrogens (tertiary/aromatic N) is 1. The quantitative estimate of drug-likeness (QED) is 0.291. The van der Waals surface area contributed by atoms with Crippen LogP contribution in [0.2, 0.25) is 0 Å². The zero-order valence-electron chi connectivity index (χ0n) is 14.7. The van der Waals surface area contributed by atoms with E-state index in [0.717, 1.165) is 0 Å². The summed E-state index contributed by atoms with van der Waals surface area (Å²) in [6.45, 7) is -0.344. The molecule has 1 unspecified atom stereocenters. The molecule has 0 aromatic carbocycles. The van der Waals surface area contributed by atoms with Crippen molar-refractivity contribution in [1.29, 1.82) is 0 Å². The van der Waals surface area contributed by atoms with E-state index < -0.39 is 30.0 Å². The van der Waals surface area contributed by atoms with Gasteiger partial charge in [0.05, 0.1) is 6.61 Å². The molecule has 27 heavy (non-hydrogen) atoms. The molecule has 0 aromatic rings. The number of aliphatic hydroxyl groups excluding tert-OH is 1. The molecule has 0 aromatic heterocycles. The van der Waals surface area contributed by atoms with Gasteiger partial charge in [-0.3, -0.25) is 19.3 Å². The highest BCUT2D eigenvalue weighted by molar-refractivity contribution is 8.00. The van der Waals surface area contributed by atoms with Crippen LogP contribution in [0.1, 0.15) is 19.3 Å². The Hall–Kier alpha value is -2.15. The summed E-state index contributed by atoms with van der Waals surface area (Å²) in [6, 6.07) is -0.880. The number of aliphatic hydroxyl groups is 1. The number of primary amides is 1. The van der Waals surface area contributed by atoms with Gasteiger partial charge in [0.2, 0.25) is 5.91 Å². The number of carbonyl (C=O) groups excluding carboxylic acids is 2. The van der Waals surface area contributed by atoms with Crippen molar-refractivity contribution in [3.8, 4) is 0 Å². The van der Waals surface area contributed by atoms with Crippen LogP contribution in [0.25, 0.3) is 0 Å². The van der Waals surface area contributed by atoms with E-state index in [0.29, 0.717) is 17.7 Å². The highest BCUT2D eigenvalue weighted by atomic mass is 32.2. The van der Waals surface area contributed by atoms with Gasteiger partial charge in [0, 0.05) is 19.3 Å². The van der Waals surface area contributed by atoms with E-state index in [9.17, 15) is 19.2 Å². The fourth-order valence-corrected chi connectivity index (χ4v) is 3.83. The molecule has 1 saturated heterocycles. The smallest absolute Gasteiger partial charge is 0.352 e. The highest BCUT2D eigenvalue weighted by Gasteiger charge is 2.53. The van der Waals surface area contributed by atoms with Gasteiger partial charge in [-0.05, 0) is 18.4 Å². The molecular weight excluding hydrogens is 382 g/mol. The standard InChI is InChI=1S/C9H11NO5S.C6H12N2O3/c1-15-6-7(12)10-5(9(13)14)4(2-11)3-16-8(6)10;7-4(6(10)11)2-1-3-5(8)9/h6,8,11H,2-3H2,1H3,(H,13,14);4H,1-3,7H2,(H2,8,9)(H,10,11)/t6-,8+;/m1./s1. The molecule has 0 spiro atoms. The molecule has 11 nitrogen and oxygen atoms in total. The molecule has 1 fully saturated rings. The Morgan fingerprint density at radius 3 is 2.44 bits per heavy atom. The minimum absolute atomic E-state index is 0.0930. The van der Waals surface area contributed by atoms with Crippen LogP contribution in [0, 0.1) is 0 Å². The molecule has 0 radical (unpaired) electrons. The first-order valence-electron chi connectivity index (χ1n) is 7.96. The van der Waals surface area contributed by atoms with Crippen LogP contribution in [0.4, 0.5) is 0 Å². The minimum atomic E-state index is -1.18. The molecule has 12 heteroatoms. The summed E-state index contributed by atoms with van der Waals surface area (Å²) < 4.78 is 4.97. The van der Waals surface area contributed by atoms with E-state index in [-0.39, 0.29) is 36.4 Å². The fraction of sp³-hybridized carbons (Fsp3) is 0.600. The van der Waals surface area contributed by atoms with Gasteiger partial charge in [-0.25, -0.2) is 4.79 Å². The normalized spacial score (nSPS) is 22.2. The zero-order chi connectivity index (χ0) is 20.7. The summed E-state index contributed by atoms with van der Waals surface area (Å²) in [5.74, 6) is -2.61. The number of carboxylic acid groups (broad SMARTS) is 2. The van der Waals surface area contributed by atoms with Crippen LogP contribution in [0.3, 0.4) is 0 Å². The average molecular weight is 405 g/mol. The maximum atomic E-state index is 11.6. The number of nitrogens with two attached hydrogens (primary N) is 2. The molecule has 0 aliphatic carbocycles. The second-order valence-electron chi connectivity index (χ2n) is 5.78. The summed E-state index contributed by atoms with van der Waals surface area (Å²) in [5.41, 5.74) is 10.3. The summed E-state index contributed by atoms with van der Waals surface area (Å²) in [7, 11) is 1.42. The Morgan fingerprint density at radius 2 is 2.00 bits per heavy atom. The number of fused-ring (bicyclic) bond motifs is 1. The lowest BCUT2D eigenvalue weighted by atomic mass is 10.1. The van der Waals surface area contributed by atoms with Gasteiger partial charge in [-0.2, -0.15) is 0 Å². The van der Waals surface area contributed by atoms with Crippen LogP contribution in [-0.2, 0) is 23.9 Å². The van der Waals surface area contributed by atoms with Gasteiger partial charge in [0.15, 0.2) is 6.10 Å². The number of β-lactam (4-membered cyclic amide) rings is 1. The number of thioether (sulfide) groups is 1. The maximum Gasteiger partial charge on any atom is 0.352 e. The van der Waals surface area contributed by atoms with Crippen LogP contribution in [0.15, 0.2) is 11.3 Å². The Balaban J connectivity index is 0.000000293. The second kappa shape index (κ2) is 10.3. The molecule has 7 N–H and O–H groups in total. The predicted molar refractivity (Wildman–Crippen MR) is 94.3 cm³/mol. The SMILES string of the molecule is CO[C@@H]1C(=O)N2C(C(=O)O)=C(CO)CS[C@@H]12.NC(=O)CCCC(N)C(=O)O. The lowest BCUT2D eigenvalue weighted by Crippen LogP contribution is -2.65. The maximum absolute atomic E-state index is 11.6. The third kappa shape index (κ3) is 5.66. The number of carbonyl (C=O) groups is 4. The number of amides is 2. The Morgan fingerprint density at radius 1 is 1.37 bits per heavy atom. The fourth-order valence-electron chi connectivity index (χ4n) is 2.47. The Bertz CT molecular complexity index is 639. The number of hydrogen-bond acceptors (Lipinski definition) is 8. The number of hydrogen-bond donors (Lipinski definition) is 5. The van der Waals surface area contributed by atoms with Crippen LogP contribution < -0.4 is 11.5 Å². The molecule has 2 rings (SSSR count). The van der Waals surface area contributed by atoms with E-state index in [1.54, 1.807) is 0 Å². The second-order valence-corrected chi connectivity index (χ2v) is 6.89. The van der Waals surface area contributed by atoms with Crippen LogP contribution in [0.5, 0.6) is 0 Å². The van der Waals surface area contributed by atoms with Crippen molar-refractivity contribution in [2.24, 2.45) is 11.5 Å². The highest BCUT2D eigenvalue weighted by Crippen LogP contribution is 2.41. The van der Waals surface area contributed by atoms with E-state index in [1.807, 2.05) is 0 Å². The Kier molecular flexibility index (Phi) is 8.69. The van der Waals surface area contributed by atoms with Crippen molar-refractivity contribution in [1.82, 2.24) is 4.90 Å². The van der Waals surface area contributed by atoms with Crippen molar-refractivity contribution in [3.05, 3.63) is 11.3 Å². The predicted octanol–water partition coefficient (Wildman–Crippen LogP) is -1.70. The molecule has 2 heterocycles. The molecule has 3 atom stereocenters. The first-order chi connectivity index (χ1) is 12.6.